The first-order chi connectivity index (χ1) is 13.6. The second kappa shape index (κ2) is 10.6. The van der Waals surface area contributed by atoms with Gasteiger partial charge in [0.15, 0.2) is 17.5 Å². The number of amides is 1. The Hall–Kier alpha value is -2.64. The number of guanidine groups is 1. The molecule has 28 heavy (non-hydrogen) atoms. The van der Waals surface area contributed by atoms with E-state index in [4.69, 9.17) is 14.2 Å². The molecule has 1 aliphatic heterocycles. The Balaban J connectivity index is 1.99. The average molecular weight is 393 g/mol. The van der Waals surface area contributed by atoms with Crippen LogP contribution in [0.25, 0.3) is 0 Å². The van der Waals surface area contributed by atoms with Gasteiger partial charge in [-0.25, -0.2) is 0 Å². The lowest BCUT2D eigenvalue weighted by Gasteiger charge is -2.34. The van der Waals surface area contributed by atoms with Crippen molar-refractivity contribution in [3.8, 4) is 17.2 Å². The molecule has 1 saturated heterocycles. The molecular weight excluding hydrogens is 360 g/mol. The topological polar surface area (TPSA) is 84.4 Å². The van der Waals surface area contributed by atoms with E-state index in [2.05, 4.69) is 20.5 Å². The van der Waals surface area contributed by atoms with Crippen molar-refractivity contribution in [3.63, 3.8) is 0 Å². The Morgan fingerprint density at radius 1 is 1.14 bits per heavy atom. The third kappa shape index (κ3) is 5.21. The van der Waals surface area contributed by atoms with Gasteiger partial charge < -0.3 is 29.7 Å². The summed E-state index contributed by atoms with van der Waals surface area (Å²) in [6, 6.07) is 3.82. The summed E-state index contributed by atoms with van der Waals surface area (Å²) in [6.45, 7) is 2.31. The zero-order chi connectivity index (χ0) is 20.5. The van der Waals surface area contributed by atoms with Gasteiger partial charge in [-0.15, -0.1) is 0 Å². The number of hydrogen-bond donors (Lipinski definition) is 2. The van der Waals surface area contributed by atoms with Crippen LogP contribution in [0.2, 0.25) is 0 Å². The molecule has 2 rings (SSSR count). The van der Waals surface area contributed by atoms with Gasteiger partial charge in [0.25, 0.3) is 0 Å². The molecule has 1 fully saturated rings. The summed E-state index contributed by atoms with van der Waals surface area (Å²) in [5.74, 6) is 3.24. The molecular formula is C20H32N4O4. The molecule has 0 unspecified atom stereocenters. The second-order valence-corrected chi connectivity index (χ2v) is 6.70. The van der Waals surface area contributed by atoms with Crippen LogP contribution >= 0.6 is 0 Å². The van der Waals surface area contributed by atoms with Crippen LogP contribution in [0.1, 0.15) is 24.8 Å². The van der Waals surface area contributed by atoms with Crippen LogP contribution in [0.3, 0.4) is 0 Å². The molecule has 156 valence electrons. The van der Waals surface area contributed by atoms with Crippen LogP contribution < -0.4 is 24.8 Å². The van der Waals surface area contributed by atoms with Crippen molar-refractivity contribution < 1.29 is 19.0 Å². The SMILES string of the molecule is CN=C(NCc1ccc(OC)c(OC)c1OC)N1CCC(CC(=O)NC)CC1. The van der Waals surface area contributed by atoms with Gasteiger partial charge in [0.05, 0.1) is 21.3 Å². The van der Waals surface area contributed by atoms with E-state index in [1.54, 1.807) is 35.4 Å². The van der Waals surface area contributed by atoms with Gasteiger partial charge in [-0.2, -0.15) is 0 Å². The molecule has 8 nitrogen and oxygen atoms in total. The molecule has 1 amide bonds. The zero-order valence-corrected chi connectivity index (χ0v) is 17.5. The average Bonchev–Trinajstić information content (AvgIpc) is 2.74. The maximum Gasteiger partial charge on any atom is 0.220 e. The number of likely N-dealkylation sites (tertiary alicyclic amines) is 1. The smallest absolute Gasteiger partial charge is 0.220 e. The van der Waals surface area contributed by atoms with Gasteiger partial charge in [-0.05, 0) is 30.9 Å². The maximum absolute atomic E-state index is 11.6. The molecule has 0 aromatic heterocycles. The van der Waals surface area contributed by atoms with Gasteiger partial charge in [0.1, 0.15) is 0 Å². The Bertz CT molecular complexity index is 685. The molecule has 1 aromatic rings. The van der Waals surface area contributed by atoms with Crippen molar-refractivity contribution in [2.45, 2.75) is 25.8 Å². The number of carbonyl (C=O) groups excluding carboxylic acids is 1. The van der Waals surface area contributed by atoms with Crippen LogP contribution in [-0.4, -0.2) is 65.3 Å². The molecule has 1 aliphatic rings. The number of nitrogens with one attached hydrogen (secondary N) is 2. The van der Waals surface area contributed by atoms with E-state index in [0.717, 1.165) is 37.5 Å². The first kappa shape index (κ1) is 21.7. The van der Waals surface area contributed by atoms with Gasteiger partial charge in [-0.3, -0.25) is 9.79 Å². The minimum atomic E-state index is 0.113. The Morgan fingerprint density at radius 2 is 1.82 bits per heavy atom. The highest BCUT2D eigenvalue weighted by Gasteiger charge is 2.23. The largest absolute Gasteiger partial charge is 0.493 e. The lowest BCUT2D eigenvalue weighted by molar-refractivity contribution is -0.121. The number of benzene rings is 1. The number of carbonyl (C=O) groups is 1. The van der Waals surface area contributed by atoms with E-state index in [9.17, 15) is 4.79 Å². The standard InChI is InChI=1S/C20H32N4O4/c1-21-17(25)12-14-8-10-24(11-9-14)20(22-2)23-13-15-6-7-16(26-3)19(28-5)18(15)27-4/h6-7,14H,8-13H2,1-5H3,(H,21,25)(H,22,23). The van der Waals surface area contributed by atoms with E-state index >= 15 is 0 Å². The predicted molar refractivity (Wildman–Crippen MR) is 109 cm³/mol. The summed E-state index contributed by atoms with van der Waals surface area (Å²) in [4.78, 5) is 18.2. The highest BCUT2D eigenvalue weighted by atomic mass is 16.5. The summed E-state index contributed by atoms with van der Waals surface area (Å²) < 4.78 is 16.3. The first-order valence-electron chi connectivity index (χ1n) is 9.51. The van der Waals surface area contributed by atoms with Crippen LogP contribution in [0.5, 0.6) is 17.2 Å². The summed E-state index contributed by atoms with van der Waals surface area (Å²) in [5.41, 5.74) is 0.954. The van der Waals surface area contributed by atoms with E-state index in [-0.39, 0.29) is 5.91 Å². The number of piperidine rings is 1. The van der Waals surface area contributed by atoms with Crippen LogP contribution in [0.15, 0.2) is 17.1 Å². The summed E-state index contributed by atoms with van der Waals surface area (Å²) in [7, 11) is 8.29. The summed E-state index contributed by atoms with van der Waals surface area (Å²) in [6.07, 6.45) is 2.56. The monoisotopic (exact) mass is 392 g/mol. The summed E-state index contributed by atoms with van der Waals surface area (Å²) in [5, 5.41) is 6.11. The molecule has 1 aromatic carbocycles. The number of ether oxygens (including phenoxy) is 3. The highest BCUT2D eigenvalue weighted by Crippen LogP contribution is 2.39. The molecule has 0 aliphatic carbocycles. The predicted octanol–water partition coefficient (Wildman–Crippen LogP) is 1.64. The molecule has 0 bridgehead atoms. The fourth-order valence-corrected chi connectivity index (χ4v) is 3.52. The molecule has 8 heteroatoms. The van der Waals surface area contributed by atoms with Crippen molar-refractivity contribution in [1.29, 1.82) is 0 Å². The van der Waals surface area contributed by atoms with E-state index in [0.29, 0.717) is 36.1 Å². The van der Waals surface area contributed by atoms with Gasteiger partial charge in [-0.1, -0.05) is 0 Å². The van der Waals surface area contributed by atoms with Crippen molar-refractivity contribution in [3.05, 3.63) is 17.7 Å². The van der Waals surface area contributed by atoms with Crippen LogP contribution in [0.4, 0.5) is 0 Å². The number of methoxy groups -OCH3 is 3. The molecule has 0 saturated carbocycles. The van der Waals surface area contributed by atoms with Crippen LogP contribution in [-0.2, 0) is 11.3 Å². The van der Waals surface area contributed by atoms with Crippen LogP contribution in [0, 0.1) is 5.92 Å². The fourth-order valence-electron chi connectivity index (χ4n) is 3.52. The van der Waals surface area contributed by atoms with Gasteiger partial charge >= 0.3 is 0 Å². The number of nitrogens with zero attached hydrogens (tertiary/aromatic N) is 2. The third-order valence-electron chi connectivity index (χ3n) is 5.10. The van der Waals surface area contributed by atoms with Crippen molar-refractivity contribution in [2.75, 3.05) is 48.5 Å². The van der Waals surface area contributed by atoms with Crippen molar-refractivity contribution in [2.24, 2.45) is 10.9 Å². The second-order valence-electron chi connectivity index (χ2n) is 6.70. The Morgan fingerprint density at radius 3 is 2.36 bits per heavy atom. The minimum Gasteiger partial charge on any atom is -0.493 e. The molecule has 1 heterocycles. The van der Waals surface area contributed by atoms with Gasteiger partial charge in [0.2, 0.25) is 11.7 Å². The number of rotatable bonds is 7. The quantitative estimate of drug-likeness (QED) is 0.542. The molecule has 0 radical (unpaired) electrons. The molecule has 0 spiro atoms. The van der Waals surface area contributed by atoms with Crippen molar-refractivity contribution >= 4 is 11.9 Å². The van der Waals surface area contributed by atoms with Gasteiger partial charge in [0, 0.05) is 45.7 Å². The molecule has 0 atom stereocenters. The third-order valence-corrected chi connectivity index (χ3v) is 5.10. The Labute approximate surface area is 167 Å². The van der Waals surface area contributed by atoms with Crippen molar-refractivity contribution in [1.82, 2.24) is 15.5 Å². The lowest BCUT2D eigenvalue weighted by atomic mass is 9.93. The number of hydrogen-bond acceptors (Lipinski definition) is 5. The van der Waals surface area contributed by atoms with E-state index in [1.165, 1.54) is 0 Å². The lowest BCUT2D eigenvalue weighted by Crippen LogP contribution is -2.45. The van der Waals surface area contributed by atoms with E-state index in [1.807, 2.05) is 12.1 Å². The zero-order valence-electron chi connectivity index (χ0n) is 17.5. The number of aliphatic imine (C=N–C) groups is 1. The normalized spacial score (nSPS) is 15.2. The maximum atomic E-state index is 11.6. The Kier molecular flexibility index (Phi) is 8.22. The molecule has 2 N–H and O–H groups in total. The summed E-state index contributed by atoms with van der Waals surface area (Å²) >= 11 is 0. The fraction of sp³-hybridized carbons (Fsp3) is 0.600. The first-order valence-corrected chi connectivity index (χ1v) is 9.51. The highest BCUT2D eigenvalue weighted by molar-refractivity contribution is 5.80. The minimum absolute atomic E-state index is 0.113. The van der Waals surface area contributed by atoms with E-state index < -0.39 is 0 Å².